The Kier molecular flexibility index (Phi) is 5.23. The van der Waals surface area contributed by atoms with E-state index in [-0.39, 0.29) is 6.09 Å². The highest BCUT2D eigenvalue weighted by atomic mass is 32.1. The van der Waals surface area contributed by atoms with Crippen molar-refractivity contribution >= 4 is 28.1 Å². The van der Waals surface area contributed by atoms with Gasteiger partial charge in [0.2, 0.25) is 0 Å². The van der Waals surface area contributed by atoms with Gasteiger partial charge in [0.15, 0.2) is 4.96 Å². The fourth-order valence-electron chi connectivity index (χ4n) is 3.47. The normalized spacial score (nSPS) is 15.8. The summed E-state index contributed by atoms with van der Waals surface area (Å²) >= 11 is 1.62. The van der Waals surface area contributed by atoms with Crippen molar-refractivity contribution in [1.29, 1.82) is 0 Å². The van der Waals surface area contributed by atoms with E-state index in [2.05, 4.69) is 20.9 Å². The molecule has 1 aromatic carbocycles. The van der Waals surface area contributed by atoms with Crippen molar-refractivity contribution in [3.05, 3.63) is 41.5 Å². The van der Waals surface area contributed by atoms with Gasteiger partial charge >= 0.3 is 6.09 Å². The lowest BCUT2D eigenvalue weighted by Gasteiger charge is -2.35. The molecular formula is C21H27N5O2S. The van der Waals surface area contributed by atoms with Gasteiger partial charge in [0.05, 0.1) is 11.4 Å². The Morgan fingerprint density at radius 2 is 1.93 bits per heavy atom. The molecule has 3 aromatic rings. The Balaban J connectivity index is 1.41. The molecule has 0 unspecified atom stereocenters. The maximum atomic E-state index is 12.2. The predicted octanol–water partition coefficient (Wildman–Crippen LogP) is 3.70. The summed E-state index contributed by atoms with van der Waals surface area (Å²) in [7, 11) is 0. The van der Waals surface area contributed by atoms with Gasteiger partial charge in [0, 0.05) is 55.6 Å². The summed E-state index contributed by atoms with van der Waals surface area (Å²) in [6.45, 7) is 9.40. The van der Waals surface area contributed by atoms with Gasteiger partial charge < -0.3 is 15.4 Å². The Hall–Kier alpha value is -2.58. The first-order chi connectivity index (χ1) is 13.8. The average Bonchev–Trinajstić information content (AvgIpc) is 3.21. The first kappa shape index (κ1) is 19.7. The average molecular weight is 414 g/mol. The van der Waals surface area contributed by atoms with E-state index < -0.39 is 5.60 Å². The largest absolute Gasteiger partial charge is 0.444 e. The van der Waals surface area contributed by atoms with Crippen molar-refractivity contribution in [3.63, 3.8) is 0 Å². The van der Waals surface area contributed by atoms with Crippen molar-refractivity contribution in [1.82, 2.24) is 19.2 Å². The molecule has 0 atom stereocenters. The zero-order valence-corrected chi connectivity index (χ0v) is 17.9. The van der Waals surface area contributed by atoms with Gasteiger partial charge in [-0.15, -0.1) is 11.3 Å². The van der Waals surface area contributed by atoms with Crippen molar-refractivity contribution in [2.45, 2.75) is 32.9 Å². The molecule has 0 spiro atoms. The summed E-state index contributed by atoms with van der Waals surface area (Å²) in [4.78, 5) is 22.1. The van der Waals surface area contributed by atoms with Crippen LogP contribution in [0.3, 0.4) is 0 Å². The highest BCUT2D eigenvalue weighted by molar-refractivity contribution is 7.15. The molecule has 1 aliphatic rings. The summed E-state index contributed by atoms with van der Waals surface area (Å²) in [5.41, 5.74) is 9.57. The number of carbonyl (C=O) groups excluding carboxylic acids is 1. The van der Waals surface area contributed by atoms with Gasteiger partial charge in [-0.3, -0.25) is 9.30 Å². The SMILES string of the molecule is CC(C)(C)OC(=O)N1CCN(Cc2cn3c(-c4ccccc4N)csc3n2)CC1. The van der Waals surface area contributed by atoms with Crippen LogP contribution in [0.2, 0.25) is 0 Å². The number of anilines is 1. The van der Waals surface area contributed by atoms with Crippen molar-refractivity contribution in [2.75, 3.05) is 31.9 Å². The van der Waals surface area contributed by atoms with E-state index in [1.807, 2.05) is 45.0 Å². The van der Waals surface area contributed by atoms with Gasteiger partial charge in [-0.2, -0.15) is 0 Å². The molecule has 0 radical (unpaired) electrons. The maximum Gasteiger partial charge on any atom is 0.410 e. The maximum absolute atomic E-state index is 12.2. The van der Waals surface area contributed by atoms with Crippen LogP contribution in [-0.2, 0) is 11.3 Å². The third-order valence-corrected chi connectivity index (χ3v) is 5.75. The number of nitrogens with two attached hydrogens (primary N) is 1. The van der Waals surface area contributed by atoms with Crippen LogP contribution in [0.4, 0.5) is 10.5 Å². The third kappa shape index (κ3) is 4.38. The molecule has 0 aliphatic carbocycles. The second kappa shape index (κ2) is 7.68. The fraction of sp³-hybridized carbons (Fsp3) is 0.429. The Morgan fingerprint density at radius 1 is 1.21 bits per heavy atom. The number of fused-ring (bicyclic) bond motifs is 1. The van der Waals surface area contributed by atoms with E-state index in [9.17, 15) is 4.79 Å². The van der Waals surface area contributed by atoms with Crippen molar-refractivity contribution in [2.24, 2.45) is 0 Å². The van der Waals surface area contributed by atoms with Gasteiger partial charge in [0.25, 0.3) is 0 Å². The lowest BCUT2D eigenvalue weighted by molar-refractivity contribution is 0.0138. The first-order valence-corrected chi connectivity index (χ1v) is 10.7. The van der Waals surface area contributed by atoms with Gasteiger partial charge in [0.1, 0.15) is 5.60 Å². The summed E-state index contributed by atoms with van der Waals surface area (Å²) in [6.07, 6.45) is 1.86. The van der Waals surface area contributed by atoms with Crippen LogP contribution in [0.5, 0.6) is 0 Å². The number of rotatable bonds is 3. The Labute approximate surface area is 174 Å². The molecule has 1 fully saturated rings. The van der Waals surface area contributed by atoms with Crippen LogP contribution in [-0.4, -0.2) is 57.1 Å². The van der Waals surface area contributed by atoms with E-state index >= 15 is 0 Å². The molecule has 4 rings (SSSR count). The summed E-state index contributed by atoms with van der Waals surface area (Å²) in [6, 6.07) is 7.89. The van der Waals surface area contributed by atoms with E-state index in [1.54, 1.807) is 16.2 Å². The monoisotopic (exact) mass is 413 g/mol. The quantitative estimate of drug-likeness (QED) is 0.663. The molecule has 1 amide bonds. The molecule has 3 heterocycles. The molecule has 154 valence electrons. The minimum atomic E-state index is -0.462. The fourth-order valence-corrected chi connectivity index (χ4v) is 4.37. The lowest BCUT2D eigenvalue weighted by atomic mass is 10.1. The molecule has 8 heteroatoms. The van der Waals surface area contributed by atoms with Crippen LogP contribution < -0.4 is 5.73 Å². The predicted molar refractivity (Wildman–Crippen MR) is 116 cm³/mol. The Bertz CT molecular complexity index is 1010. The van der Waals surface area contributed by atoms with E-state index in [0.29, 0.717) is 13.1 Å². The van der Waals surface area contributed by atoms with E-state index in [1.165, 1.54) is 0 Å². The molecule has 29 heavy (non-hydrogen) atoms. The molecule has 7 nitrogen and oxygen atoms in total. The summed E-state index contributed by atoms with van der Waals surface area (Å²) in [5.74, 6) is 0. The van der Waals surface area contributed by atoms with Crippen LogP contribution >= 0.6 is 11.3 Å². The molecular weight excluding hydrogens is 386 g/mol. The number of piperazine rings is 1. The smallest absolute Gasteiger partial charge is 0.410 e. The van der Waals surface area contributed by atoms with E-state index in [4.69, 9.17) is 15.5 Å². The molecule has 2 aromatic heterocycles. The number of imidazole rings is 1. The summed E-state index contributed by atoms with van der Waals surface area (Å²) in [5, 5.41) is 2.09. The highest BCUT2D eigenvalue weighted by Crippen LogP contribution is 2.30. The number of thiazole rings is 1. The molecule has 1 aliphatic heterocycles. The van der Waals surface area contributed by atoms with Crippen molar-refractivity contribution in [3.8, 4) is 11.3 Å². The topological polar surface area (TPSA) is 76.1 Å². The van der Waals surface area contributed by atoms with Gasteiger partial charge in [-0.1, -0.05) is 18.2 Å². The number of ether oxygens (including phenoxy) is 1. The number of hydrogen-bond donors (Lipinski definition) is 1. The van der Waals surface area contributed by atoms with Crippen molar-refractivity contribution < 1.29 is 9.53 Å². The minimum Gasteiger partial charge on any atom is -0.444 e. The molecule has 2 N–H and O–H groups in total. The van der Waals surface area contributed by atoms with Crippen LogP contribution in [0.15, 0.2) is 35.8 Å². The van der Waals surface area contributed by atoms with E-state index in [0.717, 1.165) is 47.2 Å². The van der Waals surface area contributed by atoms with Crippen LogP contribution in [0.1, 0.15) is 26.5 Å². The van der Waals surface area contributed by atoms with Crippen LogP contribution in [0.25, 0.3) is 16.2 Å². The van der Waals surface area contributed by atoms with Gasteiger partial charge in [-0.05, 0) is 26.8 Å². The third-order valence-electron chi connectivity index (χ3n) is 4.91. The number of para-hydroxylation sites is 1. The molecule has 0 bridgehead atoms. The second-order valence-corrected chi connectivity index (χ2v) is 9.17. The minimum absolute atomic E-state index is 0.232. The van der Waals surface area contributed by atoms with Crippen LogP contribution in [0, 0.1) is 0 Å². The highest BCUT2D eigenvalue weighted by Gasteiger charge is 2.26. The Morgan fingerprint density at radius 3 is 2.62 bits per heavy atom. The lowest BCUT2D eigenvalue weighted by Crippen LogP contribution is -2.49. The number of hydrogen-bond acceptors (Lipinski definition) is 6. The zero-order valence-electron chi connectivity index (χ0n) is 17.1. The zero-order chi connectivity index (χ0) is 20.6. The number of carbonyl (C=O) groups is 1. The number of amides is 1. The number of benzene rings is 1. The summed E-state index contributed by atoms with van der Waals surface area (Å²) < 4.78 is 7.58. The standard InChI is InChI=1S/C21H27N5O2S/c1-21(2,3)28-20(27)25-10-8-24(9-11-25)12-15-13-26-18(14-29-19(26)23-15)16-6-4-5-7-17(16)22/h4-7,13-14H,8-12,22H2,1-3H3. The van der Waals surface area contributed by atoms with Gasteiger partial charge in [-0.25, -0.2) is 9.78 Å². The molecule has 0 saturated carbocycles. The first-order valence-electron chi connectivity index (χ1n) is 9.81. The second-order valence-electron chi connectivity index (χ2n) is 8.34. The number of nitrogens with zero attached hydrogens (tertiary/aromatic N) is 4. The number of aromatic nitrogens is 2. The number of nitrogen functional groups attached to an aromatic ring is 1. The molecule has 1 saturated heterocycles.